The summed E-state index contributed by atoms with van der Waals surface area (Å²) in [7, 11) is 0. The number of halogens is 2. The van der Waals surface area contributed by atoms with E-state index in [9.17, 15) is 9.50 Å². The molecule has 1 aromatic rings. The van der Waals surface area contributed by atoms with Crippen LogP contribution in [0.1, 0.15) is 37.3 Å². The Balaban J connectivity index is 0.00000144. The van der Waals surface area contributed by atoms with Crippen molar-refractivity contribution in [3.8, 4) is 0 Å². The van der Waals surface area contributed by atoms with Crippen LogP contribution in [-0.4, -0.2) is 11.2 Å². The van der Waals surface area contributed by atoms with Gasteiger partial charge in [0.05, 0.1) is 12.1 Å². The third-order valence-electron chi connectivity index (χ3n) is 3.52. The van der Waals surface area contributed by atoms with Gasteiger partial charge in [0.15, 0.2) is 0 Å². The minimum absolute atomic E-state index is 0. The molecule has 0 bridgehead atoms. The largest absolute Gasteiger partial charge is 0.391 e. The van der Waals surface area contributed by atoms with Gasteiger partial charge in [0.1, 0.15) is 5.82 Å². The lowest BCUT2D eigenvalue weighted by molar-refractivity contribution is 0.0833. The molecule has 17 heavy (non-hydrogen) atoms. The van der Waals surface area contributed by atoms with Crippen molar-refractivity contribution in [1.29, 1.82) is 0 Å². The van der Waals surface area contributed by atoms with E-state index < -0.39 is 12.1 Å². The van der Waals surface area contributed by atoms with Crippen molar-refractivity contribution in [3.05, 3.63) is 35.6 Å². The molecule has 0 saturated heterocycles. The normalized spacial score (nSPS) is 19.7. The van der Waals surface area contributed by atoms with E-state index in [4.69, 9.17) is 5.73 Å². The Hall–Kier alpha value is -0.640. The zero-order chi connectivity index (χ0) is 11.5. The second-order valence-corrected chi connectivity index (χ2v) is 4.58. The number of benzene rings is 1. The van der Waals surface area contributed by atoms with Crippen molar-refractivity contribution >= 4 is 12.4 Å². The van der Waals surface area contributed by atoms with Gasteiger partial charge in [-0.15, -0.1) is 12.4 Å². The zero-order valence-electron chi connectivity index (χ0n) is 9.68. The number of nitrogens with two attached hydrogens (primary N) is 1. The summed E-state index contributed by atoms with van der Waals surface area (Å²) in [4.78, 5) is 0. The van der Waals surface area contributed by atoms with Gasteiger partial charge in [0.25, 0.3) is 0 Å². The predicted octanol–water partition coefficient (Wildman–Crippen LogP) is 2.80. The van der Waals surface area contributed by atoms with Crippen molar-refractivity contribution in [2.24, 2.45) is 11.7 Å². The Kier molecular flexibility index (Phi) is 5.37. The number of hydrogen-bond donors (Lipinski definition) is 2. The van der Waals surface area contributed by atoms with Crippen LogP contribution in [-0.2, 0) is 0 Å². The predicted molar refractivity (Wildman–Crippen MR) is 68.5 cm³/mol. The average Bonchev–Trinajstić information content (AvgIpc) is 2.81. The SMILES string of the molecule is Cl.N[C@H](c1ccccc1F)[C@@H](O)C1CCCC1. The zero-order valence-corrected chi connectivity index (χ0v) is 10.5. The van der Waals surface area contributed by atoms with E-state index in [1.54, 1.807) is 18.2 Å². The first kappa shape index (κ1) is 14.4. The lowest BCUT2D eigenvalue weighted by atomic mass is 9.91. The monoisotopic (exact) mass is 259 g/mol. The van der Waals surface area contributed by atoms with Crippen LogP contribution in [0.5, 0.6) is 0 Å². The summed E-state index contributed by atoms with van der Waals surface area (Å²) in [5, 5.41) is 10.1. The van der Waals surface area contributed by atoms with E-state index in [1.165, 1.54) is 6.07 Å². The Morgan fingerprint density at radius 2 is 1.82 bits per heavy atom. The highest BCUT2D eigenvalue weighted by molar-refractivity contribution is 5.85. The van der Waals surface area contributed by atoms with Crippen molar-refractivity contribution in [3.63, 3.8) is 0 Å². The second-order valence-electron chi connectivity index (χ2n) is 4.58. The molecule has 1 saturated carbocycles. The maximum atomic E-state index is 13.5. The van der Waals surface area contributed by atoms with E-state index in [1.807, 2.05) is 0 Å². The quantitative estimate of drug-likeness (QED) is 0.877. The van der Waals surface area contributed by atoms with Gasteiger partial charge in [0.2, 0.25) is 0 Å². The molecule has 0 unspecified atom stereocenters. The van der Waals surface area contributed by atoms with Crippen LogP contribution in [0.4, 0.5) is 4.39 Å². The Morgan fingerprint density at radius 1 is 1.24 bits per heavy atom. The van der Waals surface area contributed by atoms with Crippen LogP contribution in [0, 0.1) is 11.7 Å². The Morgan fingerprint density at radius 3 is 2.41 bits per heavy atom. The first-order valence-electron chi connectivity index (χ1n) is 5.88. The fraction of sp³-hybridized carbons (Fsp3) is 0.538. The maximum Gasteiger partial charge on any atom is 0.128 e. The molecule has 0 amide bonds. The standard InChI is InChI=1S/C13H18FNO.ClH/c14-11-8-4-3-7-10(11)12(15)13(16)9-5-1-2-6-9;/h3-4,7-9,12-13,16H,1-2,5-6,15H2;1H/t12-,13+;/m1./s1. The third kappa shape index (κ3) is 3.18. The summed E-state index contributed by atoms with van der Waals surface area (Å²) < 4.78 is 13.5. The molecule has 4 heteroatoms. The van der Waals surface area contributed by atoms with Crippen LogP contribution in [0.15, 0.2) is 24.3 Å². The smallest absolute Gasteiger partial charge is 0.128 e. The molecule has 1 aliphatic rings. The molecule has 0 spiro atoms. The summed E-state index contributed by atoms with van der Waals surface area (Å²) in [5.41, 5.74) is 6.35. The van der Waals surface area contributed by atoms with Gasteiger partial charge in [-0.25, -0.2) is 4.39 Å². The molecule has 3 N–H and O–H groups in total. The highest BCUT2D eigenvalue weighted by Crippen LogP contribution is 2.32. The van der Waals surface area contributed by atoms with Gasteiger partial charge in [-0.05, 0) is 24.8 Å². The van der Waals surface area contributed by atoms with Gasteiger partial charge in [0, 0.05) is 5.56 Å². The molecule has 1 aliphatic carbocycles. The lowest BCUT2D eigenvalue weighted by Gasteiger charge is -2.24. The molecule has 96 valence electrons. The molecule has 2 rings (SSSR count). The van der Waals surface area contributed by atoms with Crippen LogP contribution in [0.2, 0.25) is 0 Å². The van der Waals surface area contributed by atoms with Gasteiger partial charge >= 0.3 is 0 Å². The number of aliphatic hydroxyl groups excluding tert-OH is 1. The first-order valence-corrected chi connectivity index (χ1v) is 5.88. The van der Waals surface area contributed by atoms with E-state index in [2.05, 4.69) is 0 Å². The molecule has 0 aliphatic heterocycles. The fourth-order valence-electron chi connectivity index (χ4n) is 2.52. The summed E-state index contributed by atoms with van der Waals surface area (Å²) >= 11 is 0. The summed E-state index contributed by atoms with van der Waals surface area (Å²) in [5.74, 6) is -0.0957. The molecule has 2 atom stereocenters. The van der Waals surface area contributed by atoms with Crippen molar-refractivity contribution in [2.75, 3.05) is 0 Å². The highest BCUT2D eigenvalue weighted by Gasteiger charge is 2.29. The van der Waals surface area contributed by atoms with Crippen LogP contribution in [0.25, 0.3) is 0 Å². The summed E-state index contributed by atoms with van der Waals surface area (Å²) in [6, 6.07) is 5.81. The minimum atomic E-state index is -0.626. The first-order chi connectivity index (χ1) is 7.70. The second kappa shape index (κ2) is 6.34. The van der Waals surface area contributed by atoms with Gasteiger partial charge < -0.3 is 10.8 Å². The van der Waals surface area contributed by atoms with Crippen molar-refractivity contribution in [2.45, 2.75) is 37.8 Å². The van der Waals surface area contributed by atoms with Crippen LogP contribution < -0.4 is 5.73 Å². The molecule has 0 aromatic heterocycles. The van der Waals surface area contributed by atoms with Gasteiger partial charge in [-0.3, -0.25) is 0 Å². The fourth-order valence-corrected chi connectivity index (χ4v) is 2.52. The third-order valence-corrected chi connectivity index (χ3v) is 3.52. The van der Waals surface area contributed by atoms with Gasteiger partial charge in [-0.2, -0.15) is 0 Å². The van der Waals surface area contributed by atoms with Crippen LogP contribution >= 0.6 is 12.4 Å². The van der Waals surface area contributed by atoms with E-state index in [0.717, 1.165) is 25.7 Å². The minimum Gasteiger partial charge on any atom is -0.391 e. The lowest BCUT2D eigenvalue weighted by Crippen LogP contribution is -2.32. The molecule has 1 aromatic carbocycles. The highest BCUT2D eigenvalue weighted by atomic mass is 35.5. The number of hydrogen-bond acceptors (Lipinski definition) is 2. The molecular weight excluding hydrogens is 241 g/mol. The van der Waals surface area contributed by atoms with Crippen LogP contribution in [0.3, 0.4) is 0 Å². The molecule has 1 fully saturated rings. The van der Waals surface area contributed by atoms with E-state index in [-0.39, 0.29) is 24.1 Å². The number of aliphatic hydroxyl groups is 1. The number of rotatable bonds is 3. The molecule has 0 radical (unpaired) electrons. The molecule has 0 heterocycles. The maximum absolute atomic E-state index is 13.5. The van der Waals surface area contributed by atoms with Crippen molar-refractivity contribution < 1.29 is 9.50 Å². The molecular formula is C13H19ClFNO. The molecule has 2 nitrogen and oxygen atoms in total. The summed E-state index contributed by atoms with van der Waals surface area (Å²) in [6.07, 6.45) is 3.67. The summed E-state index contributed by atoms with van der Waals surface area (Å²) in [6.45, 7) is 0. The average molecular weight is 260 g/mol. The van der Waals surface area contributed by atoms with Gasteiger partial charge in [-0.1, -0.05) is 31.0 Å². The van der Waals surface area contributed by atoms with E-state index >= 15 is 0 Å². The Labute approximate surface area is 107 Å². The van der Waals surface area contributed by atoms with Crippen molar-refractivity contribution in [1.82, 2.24) is 0 Å². The Bertz CT molecular complexity index is 355. The topological polar surface area (TPSA) is 46.2 Å². The van der Waals surface area contributed by atoms with E-state index in [0.29, 0.717) is 5.56 Å².